The number of hydrogen-bond donors (Lipinski definition) is 0. The van der Waals surface area contributed by atoms with Crippen molar-refractivity contribution < 1.29 is 14.5 Å². The van der Waals surface area contributed by atoms with Crippen LogP contribution in [0.3, 0.4) is 0 Å². The fourth-order valence-electron chi connectivity index (χ4n) is 0.945. The highest BCUT2D eigenvalue weighted by Crippen LogP contribution is 2.05. The Morgan fingerprint density at radius 1 is 1.47 bits per heavy atom. The van der Waals surface area contributed by atoms with Crippen LogP contribution in [0.5, 0.6) is 0 Å². The molecule has 0 aliphatic rings. The van der Waals surface area contributed by atoms with Gasteiger partial charge in [-0.25, -0.2) is 0 Å². The molecule has 0 aromatic carbocycles. The molecule has 0 rings (SSSR count). The molecule has 0 N–H and O–H groups in total. The Bertz CT molecular complexity index is 258. The van der Waals surface area contributed by atoms with Crippen LogP contribution in [0.1, 0.15) is 26.2 Å². The topological polar surface area (TPSA) is 69.4 Å². The first-order valence-corrected chi connectivity index (χ1v) is 4.76. The Hall–Kier alpha value is -1.65. The van der Waals surface area contributed by atoms with Gasteiger partial charge >= 0.3 is 0 Å². The average molecular weight is 213 g/mol. The Morgan fingerprint density at radius 2 is 2.20 bits per heavy atom. The number of hydrogen-bond acceptors (Lipinski definition) is 4. The van der Waals surface area contributed by atoms with Crippen molar-refractivity contribution in [2.45, 2.75) is 26.2 Å². The van der Waals surface area contributed by atoms with Gasteiger partial charge in [-0.15, -0.1) is 0 Å². The molecule has 5 nitrogen and oxygen atoms in total. The van der Waals surface area contributed by atoms with E-state index in [1.807, 2.05) is 13.0 Å². The molecule has 0 unspecified atom stereocenters. The van der Waals surface area contributed by atoms with E-state index in [-0.39, 0.29) is 12.3 Å². The molecule has 84 valence electrons. The molecule has 0 heterocycles. The third-order valence-electron chi connectivity index (χ3n) is 1.65. The minimum atomic E-state index is -0.416. The predicted octanol–water partition coefficient (Wildman–Crippen LogP) is 2.07. The van der Waals surface area contributed by atoms with Crippen LogP contribution in [0.15, 0.2) is 23.9 Å². The summed E-state index contributed by atoms with van der Waals surface area (Å²) in [6.45, 7) is 2.47. The van der Waals surface area contributed by atoms with E-state index in [1.165, 1.54) is 6.08 Å². The van der Waals surface area contributed by atoms with Gasteiger partial charge in [0, 0.05) is 6.42 Å². The van der Waals surface area contributed by atoms with Crippen molar-refractivity contribution in [3.8, 4) is 0 Å². The molecule has 0 aliphatic carbocycles. The number of rotatable bonds is 8. The van der Waals surface area contributed by atoms with E-state index in [9.17, 15) is 14.9 Å². The summed E-state index contributed by atoms with van der Waals surface area (Å²) in [5.41, 5.74) is 0.134. The Morgan fingerprint density at radius 3 is 2.73 bits per heavy atom. The molecule has 0 saturated carbocycles. The van der Waals surface area contributed by atoms with E-state index in [1.54, 1.807) is 6.08 Å². The molecule has 15 heavy (non-hydrogen) atoms. The lowest BCUT2D eigenvalue weighted by Crippen LogP contribution is -1.99. The van der Waals surface area contributed by atoms with Crippen molar-refractivity contribution in [3.63, 3.8) is 0 Å². The second-order valence-electron chi connectivity index (χ2n) is 2.79. The van der Waals surface area contributed by atoms with Crippen LogP contribution in [0.2, 0.25) is 0 Å². The van der Waals surface area contributed by atoms with Gasteiger partial charge in [0.2, 0.25) is 5.70 Å². The zero-order valence-electron chi connectivity index (χ0n) is 8.72. The molecule has 0 aromatic heterocycles. The zero-order chi connectivity index (χ0) is 11.5. The minimum absolute atomic E-state index is 0.134. The van der Waals surface area contributed by atoms with E-state index in [0.717, 1.165) is 6.42 Å². The van der Waals surface area contributed by atoms with Gasteiger partial charge in [-0.05, 0) is 12.5 Å². The molecule has 0 aromatic rings. The SMILES string of the molecule is CC/C=C\C/C(=C\CCOC=O)[N+](=O)[O-]. The third-order valence-corrected chi connectivity index (χ3v) is 1.65. The summed E-state index contributed by atoms with van der Waals surface area (Å²) in [5.74, 6) is 0. The lowest BCUT2D eigenvalue weighted by molar-refractivity contribution is -0.427. The normalized spacial score (nSPS) is 11.7. The fraction of sp³-hybridized carbons (Fsp3) is 0.500. The van der Waals surface area contributed by atoms with Gasteiger partial charge in [-0.3, -0.25) is 14.9 Å². The number of nitrogens with zero attached hydrogens (tertiary/aromatic N) is 1. The van der Waals surface area contributed by atoms with Crippen LogP contribution in [0.4, 0.5) is 0 Å². The standard InChI is InChI=1S/C10H15NO4/c1-2-3-4-6-10(11(13)14)7-5-8-15-9-12/h3-4,7,9H,2,5-6,8H2,1H3/b4-3-,10-7+. The molecule has 0 radical (unpaired) electrons. The van der Waals surface area contributed by atoms with Crippen molar-refractivity contribution >= 4 is 6.47 Å². The van der Waals surface area contributed by atoms with Gasteiger partial charge in [0.1, 0.15) is 0 Å². The summed E-state index contributed by atoms with van der Waals surface area (Å²) >= 11 is 0. The number of carbonyl (C=O) groups excluding carboxylic acids is 1. The summed E-state index contributed by atoms with van der Waals surface area (Å²) < 4.78 is 4.42. The van der Waals surface area contributed by atoms with Gasteiger partial charge in [-0.1, -0.05) is 19.1 Å². The van der Waals surface area contributed by atoms with E-state index < -0.39 is 4.92 Å². The van der Waals surface area contributed by atoms with Crippen LogP contribution in [-0.2, 0) is 9.53 Å². The van der Waals surface area contributed by atoms with Crippen molar-refractivity contribution in [1.29, 1.82) is 0 Å². The molecular weight excluding hydrogens is 198 g/mol. The van der Waals surface area contributed by atoms with Gasteiger partial charge in [-0.2, -0.15) is 0 Å². The Kier molecular flexibility index (Phi) is 7.94. The molecule has 0 amide bonds. The van der Waals surface area contributed by atoms with E-state index in [2.05, 4.69) is 4.74 Å². The highest BCUT2D eigenvalue weighted by Gasteiger charge is 2.06. The first-order chi connectivity index (χ1) is 7.22. The van der Waals surface area contributed by atoms with Crippen molar-refractivity contribution in [1.82, 2.24) is 0 Å². The van der Waals surface area contributed by atoms with Gasteiger partial charge in [0.25, 0.3) is 6.47 Å². The average Bonchev–Trinajstić information content (AvgIpc) is 2.21. The number of carbonyl (C=O) groups is 1. The summed E-state index contributed by atoms with van der Waals surface area (Å²) in [5, 5.41) is 10.6. The van der Waals surface area contributed by atoms with E-state index in [0.29, 0.717) is 19.3 Å². The van der Waals surface area contributed by atoms with Crippen LogP contribution >= 0.6 is 0 Å². The van der Waals surface area contributed by atoms with Crippen LogP contribution in [0.25, 0.3) is 0 Å². The number of allylic oxidation sites excluding steroid dienone is 2. The second-order valence-corrected chi connectivity index (χ2v) is 2.79. The molecule has 0 atom stereocenters. The zero-order valence-corrected chi connectivity index (χ0v) is 8.72. The van der Waals surface area contributed by atoms with Gasteiger partial charge < -0.3 is 4.74 Å². The van der Waals surface area contributed by atoms with Gasteiger partial charge in [0.15, 0.2) is 0 Å². The maximum absolute atomic E-state index is 10.6. The largest absolute Gasteiger partial charge is 0.468 e. The first-order valence-electron chi connectivity index (χ1n) is 4.76. The van der Waals surface area contributed by atoms with Crippen LogP contribution in [0, 0.1) is 10.1 Å². The van der Waals surface area contributed by atoms with Crippen molar-refractivity contribution in [3.05, 3.63) is 34.0 Å². The van der Waals surface area contributed by atoms with Crippen LogP contribution < -0.4 is 0 Å². The molecule has 0 fully saturated rings. The molecule has 0 bridgehead atoms. The lowest BCUT2D eigenvalue weighted by atomic mass is 10.2. The summed E-state index contributed by atoms with van der Waals surface area (Å²) in [6.07, 6.45) is 6.65. The molecule has 0 saturated heterocycles. The summed E-state index contributed by atoms with van der Waals surface area (Å²) in [4.78, 5) is 19.9. The first kappa shape index (κ1) is 13.4. The Balaban J connectivity index is 4.07. The number of ether oxygens (including phenoxy) is 1. The highest BCUT2D eigenvalue weighted by atomic mass is 16.6. The molecule has 0 spiro atoms. The van der Waals surface area contributed by atoms with Gasteiger partial charge in [0.05, 0.1) is 18.0 Å². The maximum Gasteiger partial charge on any atom is 0.293 e. The fourth-order valence-corrected chi connectivity index (χ4v) is 0.945. The Labute approximate surface area is 88.6 Å². The third kappa shape index (κ3) is 7.42. The molecule has 5 heteroatoms. The van der Waals surface area contributed by atoms with E-state index in [4.69, 9.17) is 0 Å². The number of nitro groups is 1. The minimum Gasteiger partial charge on any atom is -0.468 e. The lowest BCUT2D eigenvalue weighted by Gasteiger charge is -1.95. The van der Waals surface area contributed by atoms with Crippen molar-refractivity contribution in [2.75, 3.05) is 6.61 Å². The van der Waals surface area contributed by atoms with E-state index >= 15 is 0 Å². The highest BCUT2D eigenvalue weighted by molar-refractivity contribution is 5.36. The summed E-state index contributed by atoms with van der Waals surface area (Å²) in [7, 11) is 0. The second kappa shape index (κ2) is 8.93. The smallest absolute Gasteiger partial charge is 0.293 e. The molecule has 0 aliphatic heterocycles. The quantitative estimate of drug-likeness (QED) is 0.203. The summed E-state index contributed by atoms with van der Waals surface area (Å²) in [6, 6.07) is 0. The maximum atomic E-state index is 10.6. The monoisotopic (exact) mass is 213 g/mol. The van der Waals surface area contributed by atoms with Crippen molar-refractivity contribution in [2.24, 2.45) is 0 Å². The van der Waals surface area contributed by atoms with Crippen LogP contribution in [-0.4, -0.2) is 18.0 Å². The predicted molar refractivity (Wildman–Crippen MR) is 55.8 cm³/mol. The molecular formula is C10H15NO4.